The van der Waals surface area contributed by atoms with Crippen molar-refractivity contribution in [1.82, 2.24) is 20.4 Å². The highest BCUT2D eigenvalue weighted by atomic mass is 32.1. The van der Waals surface area contributed by atoms with E-state index in [0.29, 0.717) is 24.7 Å². The highest BCUT2D eigenvalue weighted by Gasteiger charge is 2.13. The van der Waals surface area contributed by atoms with Crippen molar-refractivity contribution < 1.29 is 9.32 Å². The monoisotopic (exact) mass is 352 g/mol. The third-order valence-electron chi connectivity index (χ3n) is 3.89. The lowest BCUT2D eigenvalue weighted by molar-refractivity contribution is -0.120. The Morgan fingerprint density at radius 3 is 3.08 bits per heavy atom. The quantitative estimate of drug-likeness (QED) is 0.569. The Balaban J connectivity index is 1.54. The Morgan fingerprint density at radius 2 is 2.20 bits per heavy atom. The van der Waals surface area contributed by atoms with Crippen molar-refractivity contribution in [2.75, 3.05) is 0 Å². The van der Waals surface area contributed by atoms with Crippen LogP contribution in [0, 0.1) is 0 Å². The second-order valence-electron chi connectivity index (χ2n) is 5.60. The van der Waals surface area contributed by atoms with Crippen molar-refractivity contribution in [3.63, 3.8) is 0 Å². The summed E-state index contributed by atoms with van der Waals surface area (Å²) in [6, 6.07) is 11.9. The first kappa shape index (κ1) is 15.6. The molecule has 0 bridgehead atoms. The number of benzene rings is 1. The average Bonchev–Trinajstić information content (AvgIpc) is 3.38. The molecule has 6 nitrogen and oxygen atoms in total. The minimum absolute atomic E-state index is 0.0384. The van der Waals surface area contributed by atoms with Crippen molar-refractivity contribution in [3.05, 3.63) is 47.5 Å². The number of hydrogen-bond donors (Lipinski definition) is 2. The molecule has 0 radical (unpaired) electrons. The van der Waals surface area contributed by atoms with Gasteiger partial charge in [-0.05, 0) is 35.7 Å². The van der Waals surface area contributed by atoms with Gasteiger partial charge >= 0.3 is 0 Å². The lowest BCUT2D eigenvalue weighted by Crippen LogP contribution is -2.20. The summed E-state index contributed by atoms with van der Waals surface area (Å²) >= 11 is 1.55. The fraction of sp³-hybridized carbons (Fsp3) is 0.167. The number of nitrogens with one attached hydrogen (secondary N) is 2. The molecule has 0 spiro atoms. The van der Waals surface area contributed by atoms with Crippen LogP contribution in [0.5, 0.6) is 0 Å². The number of aromatic amines is 1. The van der Waals surface area contributed by atoms with Crippen LogP contribution in [-0.4, -0.2) is 21.0 Å². The zero-order valence-corrected chi connectivity index (χ0v) is 14.4. The van der Waals surface area contributed by atoms with Crippen LogP contribution in [-0.2, 0) is 11.3 Å². The lowest BCUT2D eigenvalue weighted by Gasteiger charge is -1.99. The third kappa shape index (κ3) is 3.18. The maximum absolute atomic E-state index is 11.3. The van der Waals surface area contributed by atoms with Crippen molar-refractivity contribution in [2.24, 2.45) is 0 Å². The highest BCUT2D eigenvalue weighted by Crippen LogP contribution is 2.29. The molecule has 1 aromatic carbocycles. The van der Waals surface area contributed by atoms with Crippen LogP contribution in [0.2, 0.25) is 0 Å². The molecule has 2 N–H and O–H groups in total. The Labute approximate surface area is 147 Å². The number of hydrogen-bond acceptors (Lipinski definition) is 5. The van der Waals surface area contributed by atoms with E-state index >= 15 is 0 Å². The fourth-order valence-corrected chi connectivity index (χ4v) is 3.40. The molecule has 4 rings (SSSR count). The van der Waals surface area contributed by atoms with E-state index in [4.69, 9.17) is 4.52 Å². The second kappa shape index (κ2) is 6.52. The number of carbonyl (C=O) groups excluding carboxylic acids is 1. The van der Waals surface area contributed by atoms with Gasteiger partial charge in [0.15, 0.2) is 0 Å². The molecular formula is C18H16N4O2S. The molecule has 0 aliphatic rings. The number of H-pyrrole nitrogens is 1. The van der Waals surface area contributed by atoms with Gasteiger partial charge in [-0.15, -0.1) is 11.3 Å². The van der Waals surface area contributed by atoms with E-state index in [2.05, 4.69) is 20.4 Å². The Morgan fingerprint density at radius 1 is 1.28 bits per heavy atom. The molecule has 25 heavy (non-hydrogen) atoms. The summed E-state index contributed by atoms with van der Waals surface area (Å²) in [7, 11) is 0. The van der Waals surface area contributed by atoms with Crippen molar-refractivity contribution in [1.29, 1.82) is 0 Å². The Hall–Kier alpha value is -2.93. The van der Waals surface area contributed by atoms with Gasteiger partial charge in [0, 0.05) is 28.6 Å². The first-order chi connectivity index (χ1) is 12.2. The summed E-state index contributed by atoms with van der Waals surface area (Å²) in [5, 5.41) is 8.08. The molecule has 0 aliphatic carbocycles. The van der Waals surface area contributed by atoms with Crippen LogP contribution in [0.15, 0.2) is 47.1 Å². The summed E-state index contributed by atoms with van der Waals surface area (Å²) in [5.41, 5.74) is 1.91. The van der Waals surface area contributed by atoms with Gasteiger partial charge < -0.3 is 14.8 Å². The fourth-order valence-electron chi connectivity index (χ4n) is 2.53. The van der Waals surface area contributed by atoms with Crippen molar-refractivity contribution in [3.8, 4) is 22.2 Å². The van der Waals surface area contributed by atoms with Gasteiger partial charge in [-0.2, -0.15) is 4.98 Å². The van der Waals surface area contributed by atoms with Crippen LogP contribution in [0.25, 0.3) is 33.1 Å². The molecule has 3 heterocycles. The van der Waals surface area contributed by atoms with Gasteiger partial charge in [0.1, 0.15) is 0 Å². The number of amides is 1. The molecule has 0 saturated carbocycles. The Kier molecular flexibility index (Phi) is 4.07. The number of fused-ring (bicyclic) bond motifs is 1. The van der Waals surface area contributed by atoms with E-state index in [-0.39, 0.29) is 5.91 Å². The van der Waals surface area contributed by atoms with Gasteiger partial charge in [-0.1, -0.05) is 18.1 Å². The number of thiophene rings is 1. The summed E-state index contributed by atoms with van der Waals surface area (Å²) in [4.78, 5) is 21.0. The zero-order chi connectivity index (χ0) is 17.2. The highest BCUT2D eigenvalue weighted by molar-refractivity contribution is 7.15. The average molecular weight is 352 g/mol. The molecule has 126 valence electrons. The standard InChI is InChI=1S/C18H16N4O2S/c1-2-16(23)20-10-13-5-6-15(25-13)17-21-18(24-22-17)12-4-3-11-7-8-19-14(11)9-12/h3-9,19H,2,10H2,1H3,(H,20,23). The maximum atomic E-state index is 11.3. The molecular weight excluding hydrogens is 336 g/mol. The van der Waals surface area contributed by atoms with E-state index in [1.165, 1.54) is 0 Å². The number of nitrogens with zero attached hydrogens (tertiary/aromatic N) is 2. The van der Waals surface area contributed by atoms with Gasteiger partial charge in [-0.3, -0.25) is 4.79 Å². The number of carbonyl (C=O) groups is 1. The Bertz CT molecular complexity index is 1030. The van der Waals surface area contributed by atoms with E-state index in [9.17, 15) is 4.79 Å². The SMILES string of the molecule is CCC(=O)NCc1ccc(-c2noc(-c3ccc4cc[nH]c4c3)n2)s1. The van der Waals surface area contributed by atoms with Gasteiger partial charge in [0.05, 0.1) is 11.4 Å². The van der Waals surface area contributed by atoms with E-state index in [1.54, 1.807) is 11.3 Å². The molecule has 0 unspecified atom stereocenters. The topological polar surface area (TPSA) is 83.8 Å². The molecule has 1 amide bonds. The van der Waals surface area contributed by atoms with Crippen molar-refractivity contribution >= 4 is 28.1 Å². The first-order valence-electron chi connectivity index (χ1n) is 8.00. The third-order valence-corrected chi connectivity index (χ3v) is 4.97. The predicted octanol–water partition coefficient (Wildman–Crippen LogP) is 3.97. The zero-order valence-electron chi connectivity index (χ0n) is 13.6. The minimum atomic E-state index is 0.0384. The summed E-state index contributed by atoms with van der Waals surface area (Å²) in [6.07, 6.45) is 2.38. The van der Waals surface area contributed by atoms with Crippen LogP contribution < -0.4 is 5.32 Å². The summed E-state index contributed by atoms with van der Waals surface area (Å²) < 4.78 is 5.42. The van der Waals surface area contributed by atoms with Gasteiger partial charge in [0.2, 0.25) is 11.7 Å². The minimum Gasteiger partial charge on any atom is -0.361 e. The molecule has 0 fully saturated rings. The predicted molar refractivity (Wildman–Crippen MR) is 97.0 cm³/mol. The first-order valence-corrected chi connectivity index (χ1v) is 8.81. The molecule has 3 aromatic heterocycles. The molecule has 4 aromatic rings. The normalized spacial score (nSPS) is 11.1. The van der Waals surface area contributed by atoms with Crippen LogP contribution in [0.1, 0.15) is 18.2 Å². The second-order valence-corrected chi connectivity index (χ2v) is 6.77. The van der Waals surface area contributed by atoms with Gasteiger partial charge in [0.25, 0.3) is 5.89 Å². The van der Waals surface area contributed by atoms with Crippen LogP contribution in [0.4, 0.5) is 0 Å². The van der Waals surface area contributed by atoms with Gasteiger partial charge in [-0.25, -0.2) is 0 Å². The number of aromatic nitrogens is 3. The largest absolute Gasteiger partial charge is 0.361 e. The van der Waals surface area contributed by atoms with Crippen LogP contribution >= 0.6 is 11.3 Å². The molecule has 0 atom stereocenters. The molecule has 0 aliphatic heterocycles. The molecule has 7 heteroatoms. The van der Waals surface area contributed by atoms with Crippen molar-refractivity contribution in [2.45, 2.75) is 19.9 Å². The smallest absolute Gasteiger partial charge is 0.258 e. The van der Waals surface area contributed by atoms with Crippen LogP contribution in [0.3, 0.4) is 0 Å². The number of rotatable bonds is 5. The summed E-state index contributed by atoms with van der Waals surface area (Å²) in [6.45, 7) is 2.35. The lowest BCUT2D eigenvalue weighted by atomic mass is 10.1. The van der Waals surface area contributed by atoms with E-state index < -0.39 is 0 Å². The van der Waals surface area contributed by atoms with E-state index in [0.717, 1.165) is 26.2 Å². The maximum Gasteiger partial charge on any atom is 0.258 e. The summed E-state index contributed by atoms with van der Waals surface area (Å²) in [5.74, 6) is 1.08. The van der Waals surface area contributed by atoms with E-state index in [1.807, 2.05) is 49.5 Å². The molecule has 0 saturated heterocycles.